The topological polar surface area (TPSA) is 152 Å². The van der Waals surface area contributed by atoms with E-state index in [0.717, 1.165) is 18.2 Å². The van der Waals surface area contributed by atoms with E-state index in [4.69, 9.17) is 9.47 Å². The predicted octanol–water partition coefficient (Wildman–Crippen LogP) is 7.14. The fourth-order valence-electron chi connectivity index (χ4n) is 5.24. The Kier molecular flexibility index (Phi) is 12.2. The highest BCUT2D eigenvalue weighted by Gasteiger charge is 2.30. The third-order valence-corrected chi connectivity index (χ3v) is 7.81. The maximum absolute atomic E-state index is 13.6. The smallest absolute Gasteiger partial charge is 0.416 e. The van der Waals surface area contributed by atoms with Crippen molar-refractivity contribution in [1.29, 1.82) is 0 Å². The highest BCUT2D eigenvalue weighted by atomic mass is 19.4. The summed E-state index contributed by atoms with van der Waals surface area (Å²) >= 11 is 0. The van der Waals surface area contributed by atoms with Gasteiger partial charge in [0.1, 0.15) is 11.3 Å². The number of nitrogens with one attached hydrogen (secondary N) is 1. The minimum Gasteiger partial charge on any atom is -0.478 e. The lowest BCUT2D eigenvalue weighted by molar-refractivity contribution is -0.137. The van der Waals surface area contributed by atoms with Crippen molar-refractivity contribution in [1.82, 2.24) is 9.88 Å². The molecule has 3 aromatic carbocycles. The molecule has 1 aromatic heterocycles. The summed E-state index contributed by atoms with van der Waals surface area (Å²) in [6, 6.07) is 14.6. The van der Waals surface area contributed by atoms with Gasteiger partial charge in [0.15, 0.2) is 0 Å². The van der Waals surface area contributed by atoms with Gasteiger partial charge in [-0.3, -0.25) is 19.4 Å². The van der Waals surface area contributed by atoms with E-state index in [1.54, 1.807) is 32.0 Å². The number of carboxylic acid groups (broad SMARTS) is 1. The SMILES string of the molecule is CCOC(=O)c1cc(C)c(OC(=O)CCCc2ccc(NC(=O)c3ccc(C)nc3-c3ccc(C(F)(F)F)cc3)c(C(=O)N(C)C)c2)c(C(=O)O)c1. The maximum atomic E-state index is 13.6. The number of benzene rings is 3. The van der Waals surface area contributed by atoms with Crippen LogP contribution in [0.1, 0.15) is 83.6 Å². The van der Waals surface area contributed by atoms with Gasteiger partial charge in [-0.05, 0) is 93.3 Å². The number of ether oxygens (including phenoxy) is 2. The molecule has 0 saturated carbocycles. The van der Waals surface area contributed by atoms with Crippen LogP contribution in [0.25, 0.3) is 11.3 Å². The Balaban J connectivity index is 1.51. The molecule has 2 N–H and O–H groups in total. The molecule has 0 aliphatic carbocycles. The Morgan fingerprint density at radius 1 is 0.885 bits per heavy atom. The first-order valence-corrected chi connectivity index (χ1v) is 16.1. The molecular formula is C38H36F3N3O8. The molecule has 0 atom stereocenters. The summed E-state index contributed by atoms with van der Waals surface area (Å²) in [4.78, 5) is 69.3. The minimum atomic E-state index is -4.53. The van der Waals surface area contributed by atoms with Crippen molar-refractivity contribution in [2.45, 2.75) is 46.2 Å². The Morgan fingerprint density at radius 3 is 2.19 bits per heavy atom. The number of aryl methyl sites for hydroxylation is 3. The molecule has 2 amide bonds. The van der Waals surface area contributed by atoms with Crippen LogP contribution in [-0.2, 0) is 22.1 Å². The fourth-order valence-corrected chi connectivity index (χ4v) is 5.24. The number of amides is 2. The van der Waals surface area contributed by atoms with Crippen LogP contribution >= 0.6 is 0 Å². The molecule has 11 nitrogen and oxygen atoms in total. The fraction of sp³-hybridized carbons (Fsp3) is 0.263. The normalized spacial score (nSPS) is 11.1. The number of halogens is 3. The Morgan fingerprint density at radius 2 is 1.58 bits per heavy atom. The molecule has 0 spiro atoms. The number of carboxylic acids is 1. The van der Waals surface area contributed by atoms with Crippen molar-refractivity contribution in [3.63, 3.8) is 0 Å². The number of hydrogen-bond donors (Lipinski definition) is 2. The molecule has 0 unspecified atom stereocenters. The first-order chi connectivity index (χ1) is 24.5. The van der Waals surface area contributed by atoms with Crippen LogP contribution in [0.4, 0.5) is 18.9 Å². The molecule has 1 heterocycles. The first kappa shape index (κ1) is 38.7. The number of carbonyl (C=O) groups excluding carboxylic acids is 4. The molecule has 0 saturated heterocycles. The molecule has 14 heteroatoms. The summed E-state index contributed by atoms with van der Waals surface area (Å²) in [5.41, 5.74) is 1.10. The second-order valence-corrected chi connectivity index (χ2v) is 12.0. The number of anilines is 1. The number of aromatic carboxylic acids is 1. The maximum Gasteiger partial charge on any atom is 0.416 e. The average Bonchev–Trinajstić information content (AvgIpc) is 3.08. The van der Waals surface area contributed by atoms with Gasteiger partial charge < -0.3 is 24.8 Å². The molecule has 0 aliphatic heterocycles. The van der Waals surface area contributed by atoms with Crippen molar-refractivity contribution in [3.8, 4) is 17.0 Å². The predicted molar refractivity (Wildman–Crippen MR) is 184 cm³/mol. The number of rotatable bonds is 12. The summed E-state index contributed by atoms with van der Waals surface area (Å²) in [7, 11) is 3.08. The first-order valence-electron chi connectivity index (χ1n) is 16.1. The Labute approximate surface area is 297 Å². The summed E-state index contributed by atoms with van der Waals surface area (Å²) in [5, 5.41) is 12.4. The molecule has 4 aromatic rings. The van der Waals surface area contributed by atoms with E-state index in [9.17, 15) is 42.3 Å². The summed E-state index contributed by atoms with van der Waals surface area (Å²) in [6.45, 7) is 4.90. The summed E-state index contributed by atoms with van der Waals surface area (Å²) < 4.78 is 49.8. The molecule has 4 rings (SSSR count). The zero-order valence-electron chi connectivity index (χ0n) is 29.0. The highest BCUT2D eigenvalue weighted by molar-refractivity contribution is 6.11. The minimum absolute atomic E-state index is 0.00869. The molecule has 0 aliphatic rings. The van der Waals surface area contributed by atoms with Crippen LogP contribution in [0.2, 0.25) is 0 Å². The number of hydrogen-bond acceptors (Lipinski definition) is 8. The standard InChI is InChI=1S/C38H36F3N3O8/c1-6-51-37(50)25-18-21(2)33(29(20-25)36(48)49)52-31(45)9-7-8-23-11-17-30(28(19-23)35(47)44(4)5)43-34(46)27-16-10-22(3)42-32(27)24-12-14-26(15-13-24)38(39,40)41/h10-20H,6-9H2,1-5H3,(H,43,46)(H,48,49). The van der Waals surface area contributed by atoms with Crippen molar-refractivity contribution >= 4 is 35.4 Å². The number of carbonyl (C=O) groups is 5. The van der Waals surface area contributed by atoms with Crippen molar-refractivity contribution in [3.05, 3.63) is 111 Å². The summed E-state index contributed by atoms with van der Waals surface area (Å²) in [6.07, 6.45) is -4.08. The van der Waals surface area contributed by atoms with E-state index >= 15 is 0 Å². The van der Waals surface area contributed by atoms with E-state index in [2.05, 4.69) is 10.3 Å². The van der Waals surface area contributed by atoms with Crippen LogP contribution in [0.15, 0.2) is 66.7 Å². The van der Waals surface area contributed by atoms with Gasteiger partial charge in [0.25, 0.3) is 11.8 Å². The molecular weight excluding hydrogens is 683 g/mol. The molecule has 0 bridgehead atoms. The van der Waals surface area contributed by atoms with Crippen LogP contribution < -0.4 is 10.1 Å². The number of esters is 2. The van der Waals surface area contributed by atoms with Crippen LogP contribution in [0.5, 0.6) is 5.75 Å². The van der Waals surface area contributed by atoms with E-state index in [1.807, 2.05) is 0 Å². The molecule has 272 valence electrons. The number of pyridine rings is 1. The van der Waals surface area contributed by atoms with E-state index in [1.165, 1.54) is 56.3 Å². The van der Waals surface area contributed by atoms with E-state index < -0.39 is 41.5 Å². The van der Waals surface area contributed by atoms with Gasteiger partial charge in [-0.1, -0.05) is 18.2 Å². The van der Waals surface area contributed by atoms with Crippen LogP contribution in [-0.4, -0.2) is 65.4 Å². The molecule has 0 fully saturated rings. The van der Waals surface area contributed by atoms with Gasteiger partial charge in [-0.2, -0.15) is 13.2 Å². The monoisotopic (exact) mass is 719 g/mol. The third kappa shape index (κ3) is 9.38. The molecule has 0 radical (unpaired) electrons. The lowest BCUT2D eigenvalue weighted by atomic mass is 10.0. The number of alkyl halides is 3. The second kappa shape index (κ2) is 16.3. The largest absolute Gasteiger partial charge is 0.478 e. The lowest BCUT2D eigenvalue weighted by Crippen LogP contribution is -2.24. The molecule has 52 heavy (non-hydrogen) atoms. The zero-order chi connectivity index (χ0) is 38.3. The third-order valence-electron chi connectivity index (χ3n) is 7.81. The summed E-state index contributed by atoms with van der Waals surface area (Å²) in [5.74, 6) is -4.06. The number of aromatic nitrogens is 1. The quantitative estimate of drug-likeness (QED) is 0.115. The Hall–Kier alpha value is -6.05. The van der Waals surface area contributed by atoms with Gasteiger partial charge in [0, 0.05) is 31.8 Å². The zero-order valence-corrected chi connectivity index (χ0v) is 29.0. The van der Waals surface area contributed by atoms with Crippen molar-refractivity contribution in [2.75, 3.05) is 26.0 Å². The average molecular weight is 720 g/mol. The number of nitrogens with zero attached hydrogens (tertiary/aromatic N) is 2. The van der Waals surface area contributed by atoms with Gasteiger partial charge in [-0.15, -0.1) is 0 Å². The lowest BCUT2D eigenvalue weighted by Gasteiger charge is -2.17. The van der Waals surface area contributed by atoms with Crippen LogP contribution in [0.3, 0.4) is 0 Å². The van der Waals surface area contributed by atoms with Gasteiger partial charge in [-0.25, -0.2) is 9.59 Å². The van der Waals surface area contributed by atoms with Gasteiger partial charge >= 0.3 is 24.1 Å². The highest BCUT2D eigenvalue weighted by Crippen LogP contribution is 2.32. The van der Waals surface area contributed by atoms with Crippen LogP contribution in [0, 0.1) is 13.8 Å². The van der Waals surface area contributed by atoms with Crippen molar-refractivity contribution < 1.29 is 51.7 Å². The van der Waals surface area contributed by atoms with E-state index in [0.29, 0.717) is 23.2 Å². The Bertz CT molecular complexity index is 2030. The van der Waals surface area contributed by atoms with Gasteiger partial charge in [0.05, 0.1) is 40.2 Å². The van der Waals surface area contributed by atoms with E-state index in [-0.39, 0.29) is 64.4 Å². The second-order valence-electron chi connectivity index (χ2n) is 12.0. The van der Waals surface area contributed by atoms with Crippen molar-refractivity contribution in [2.24, 2.45) is 0 Å². The van der Waals surface area contributed by atoms with Gasteiger partial charge in [0.2, 0.25) is 0 Å².